The molecule has 0 rings (SSSR count). The van der Waals surface area contributed by atoms with Gasteiger partial charge in [0.05, 0.1) is 58.3 Å². The van der Waals surface area contributed by atoms with Crippen molar-refractivity contribution in [1.29, 1.82) is 0 Å². The summed E-state index contributed by atoms with van der Waals surface area (Å²) in [6.07, 6.45) is -0.500. The minimum absolute atomic E-state index is 0.148. The summed E-state index contributed by atoms with van der Waals surface area (Å²) >= 11 is 0. The van der Waals surface area contributed by atoms with Gasteiger partial charge in [-0.2, -0.15) is 0 Å². The van der Waals surface area contributed by atoms with Crippen molar-refractivity contribution in [2.45, 2.75) is 74.3 Å². The zero-order valence-electron chi connectivity index (χ0n) is 19.8. The molecule has 0 heterocycles. The largest absolute Gasteiger partial charge is 0.550 e. The summed E-state index contributed by atoms with van der Waals surface area (Å²) in [6.45, 7) is 28.4. The van der Waals surface area contributed by atoms with E-state index in [0.717, 1.165) is 0 Å². The summed E-state index contributed by atoms with van der Waals surface area (Å²) in [5.41, 5.74) is 4.91. The number of hydrogen-bond donors (Lipinski definition) is 1. The maximum atomic E-state index is 9.86. The van der Waals surface area contributed by atoms with Crippen molar-refractivity contribution < 1.29 is 28.8 Å². The number of aliphatic carboxylic acids is 2. The fourth-order valence-corrected chi connectivity index (χ4v) is 3.07. The van der Waals surface area contributed by atoms with Crippen LogP contribution in [-0.4, -0.2) is 79.3 Å². The molecule has 2 N–H and O–H groups in total. The Labute approximate surface area is 173 Å². The van der Waals surface area contributed by atoms with Crippen LogP contribution in [0.25, 0.3) is 0 Å². The Kier molecular flexibility index (Phi) is 20.1. The van der Waals surface area contributed by atoms with Crippen molar-refractivity contribution in [2.75, 3.05) is 52.4 Å². The van der Waals surface area contributed by atoms with Crippen LogP contribution < -0.4 is 15.9 Å². The summed E-state index contributed by atoms with van der Waals surface area (Å²) in [6, 6.07) is -1.21. The molecule has 0 fully saturated rings. The van der Waals surface area contributed by atoms with Gasteiger partial charge in [0.25, 0.3) is 0 Å². The second-order valence-electron chi connectivity index (χ2n) is 7.05. The van der Waals surface area contributed by atoms with Gasteiger partial charge < -0.3 is 34.5 Å². The Hall–Kier alpha value is -1.18. The molecule has 0 aliphatic rings. The molecule has 1 atom stereocenters. The Morgan fingerprint density at radius 1 is 0.679 bits per heavy atom. The first-order chi connectivity index (χ1) is 13.0. The number of rotatable bonds is 12. The molecular weight excluding hydrogens is 358 g/mol. The van der Waals surface area contributed by atoms with Gasteiger partial charge in [-0.3, -0.25) is 0 Å². The third-order valence-corrected chi connectivity index (χ3v) is 6.33. The van der Waals surface area contributed by atoms with Crippen molar-refractivity contribution in [3.05, 3.63) is 0 Å². The highest BCUT2D eigenvalue weighted by atomic mass is 16.4. The number of carboxylic acids is 2. The number of nitrogens with zero attached hydrogens (tertiary/aromatic N) is 2. The first-order valence-corrected chi connectivity index (χ1v) is 10.9. The van der Waals surface area contributed by atoms with Crippen molar-refractivity contribution in [3.8, 4) is 0 Å². The average molecular weight is 406 g/mol. The van der Waals surface area contributed by atoms with E-state index in [2.05, 4.69) is 55.4 Å². The van der Waals surface area contributed by atoms with E-state index < -0.39 is 18.0 Å². The molecule has 0 radical (unpaired) electrons. The maximum absolute atomic E-state index is 9.86. The summed E-state index contributed by atoms with van der Waals surface area (Å²) in [4.78, 5) is 19.6. The van der Waals surface area contributed by atoms with Gasteiger partial charge in [-0.1, -0.05) is 0 Å². The minimum atomic E-state index is -1.44. The quantitative estimate of drug-likeness (QED) is 0.472. The van der Waals surface area contributed by atoms with Crippen LogP contribution in [-0.2, 0) is 9.59 Å². The lowest BCUT2D eigenvalue weighted by Gasteiger charge is -2.34. The third kappa shape index (κ3) is 13.9. The number of quaternary nitrogens is 2. The number of hydrogen-bond acceptors (Lipinski definition) is 5. The zero-order valence-corrected chi connectivity index (χ0v) is 19.8. The summed E-state index contributed by atoms with van der Waals surface area (Å²) in [7, 11) is 0. The van der Waals surface area contributed by atoms with Gasteiger partial charge in [0.15, 0.2) is 0 Å². The molecule has 0 aromatic rings. The Morgan fingerprint density at radius 2 is 0.929 bits per heavy atom. The van der Waals surface area contributed by atoms with Gasteiger partial charge in [0.1, 0.15) is 0 Å². The molecule has 0 saturated carbocycles. The molecule has 170 valence electrons. The van der Waals surface area contributed by atoms with Crippen LogP contribution in [0.15, 0.2) is 0 Å². The second kappa shape index (κ2) is 17.9. The minimum Gasteiger partial charge on any atom is -0.550 e. The Morgan fingerprint density at radius 3 is 1.04 bits per heavy atom. The van der Waals surface area contributed by atoms with Gasteiger partial charge in [0.2, 0.25) is 0 Å². The van der Waals surface area contributed by atoms with Gasteiger partial charge >= 0.3 is 0 Å². The lowest BCUT2D eigenvalue weighted by Crippen LogP contribution is -2.47. The molecule has 0 aliphatic carbocycles. The van der Waals surface area contributed by atoms with Crippen LogP contribution in [0.1, 0.15) is 68.2 Å². The highest BCUT2D eigenvalue weighted by Gasteiger charge is 2.16. The van der Waals surface area contributed by atoms with Crippen molar-refractivity contribution >= 4 is 11.9 Å². The van der Waals surface area contributed by atoms with Crippen LogP contribution >= 0.6 is 0 Å². The van der Waals surface area contributed by atoms with E-state index in [4.69, 9.17) is 5.73 Å². The molecule has 7 nitrogen and oxygen atoms in total. The van der Waals surface area contributed by atoms with Gasteiger partial charge in [-0.05, 0) is 68.2 Å². The molecule has 0 aromatic carbocycles. The molecule has 0 spiro atoms. The van der Waals surface area contributed by atoms with Gasteiger partial charge in [0, 0.05) is 12.0 Å². The number of carbonyl (C=O) groups is 2. The number of nitrogens with two attached hydrogens (primary N) is 1. The topological polar surface area (TPSA) is 106 Å². The van der Waals surface area contributed by atoms with Crippen molar-refractivity contribution in [3.63, 3.8) is 0 Å². The molecule has 1 unspecified atom stereocenters. The second-order valence-corrected chi connectivity index (χ2v) is 7.05. The first-order valence-electron chi connectivity index (χ1n) is 10.9. The predicted octanol–water partition coefficient (Wildman–Crippen LogP) is 0.359. The van der Waals surface area contributed by atoms with Crippen LogP contribution in [0.2, 0.25) is 0 Å². The monoisotopic (exact) mass is 405 g/mol. The number of carbonyl (C=O) groups excluding carboxylic acids is 2. The Bertz CT molecular complexity index is 340. The predicted molar refractivity (Wildman–Crippen MR) is 112 cm³/mol. The maximum Gasteiger partial charge on any atom is 0.0757 e. The van der Waals surface area contributed by atoms with E-state index in [-0.39, 0.29) is 12.8 Å². The van der Waals surface area contributed by atoms with Gasteiger partial charge in [-0.25, -0.2) is 0 Å². The summed E-state index contributed by atoms with van der Waals surface area (Å²) < 4.78 is 2.56. The van der Waals surface area contributed by atoms with Crippen LogP contribution in [0, 0.1) is 0 Å². The van der Waals surface area contributed by atoms with Crippen molar-refractivity contribution in [2.24, 2.45) is 5.73 Å². The average Bonchev–Trinajstić information content (AvgIpc) is 2.71. The first kappa shape index (κ1) is 31.5. The van der Waals surface area contributed by atoms with Crippen LogP contribution in [0.3, 0.4) is 0 Å². The standard InChI is InChI=1S/2C8H20N.C5H9NO4/c2*1-5-9(6-2,7-3)8-4;6-3(5(9)10)1-2-4(7)8/h2*5-8H2,1-4H3;3H,1-2,6H2,(H,7,8)(H,9,10)/q2*+1;/p-2. The lowest BCUT2D eigenvalue weighted by molar-refractivity contribution is -0.921. The SMILES string of the molecule is CC[N+](CC)(CC)CC.CC[N+](CC)(CC)CC.NC(CCC(=O)[O-])C(=O)[O-]. The van der Waals surface area contributed by atoms with Crippen LogP contribution in [0.5, 0.6) is 0 Å². The van der Waals surface area contributed by atoms with E-state index in [1.54, 1.807) is 0 Å². The van der Waals surface area contributed by atoms with Crippen molar-refractivity contribution in [1.82, 2.24) is 0 Å². The van der Waals surface area contributed by atoms with E-state index in [1.165, 1.54) is 61.3 Å². The van der Waals surface area contributed by atoms with E-state index in [0.29, 0.717) is 0 Å². The molecule has 0 saturated heterocycles. The molecule has 0 aromatic heterocycles. The fraction of sp³-hybridized carbons (Fsp3) is 0.905. The highest BCUT2D eigenvalue weighted by molar-refractivity contribution is 5.72. The van der Waals surface area contributed by atoms with Crippen LogP contribution in [0.4, 0.5) is 0 Å². The lowest BCUT2D eigenvalue weighted by atomic mass is 10.2. The fourth-order valence-electron chi connectivity index (χ4n) is 3.07. The normalized spacial score (nSPS) is 12.2. The van der Waals surface area contributed by atoms with Gasteiger partial charge in [-0.15, -0.1) is 0 Å². The Balaban J connectivity index is -0.000000336. The van der Waals surface area contributed by atoms with E-state index in [9.17, 15) is 19.8 Å². The summed E-state index contributed by atoms with van der Waals surface area (Å²) in [5, 5.41) is 19.6. The summed E-state index contributed by atoms with van der Waals surface area (Å²) in [5.74, 6) is -2.75. The van der Waals surface area contributed by atoms with E-state index in [1.807, 2.05) is 0 Å². The molecule has 0 amide bonds. The zero-order chi connectivity index (χ0) is 22.8. The molecule has 0 aliphatic heterocycles. The smallest absolute Gasteiger partial charge is 0.0757 e. The third-order valence-electron chi connectivity index (χ3n) is 6.33. The molecular formula is C21H47N3O4. The highest BCUT2D eigenvalue weighted by Crippen LogP contribution is 2.04. The number of carboxylic acid groups (broad SMARTS) is 2. The molecule has 0 bridgehead atoms. The molecule has 28 heavy (non-hydrogen) atoms. The van der Waals surface area contributed by atoms with E-state index >= 15 is 0 Å². The molecule has 7 heteroatoms.